The summed E-state index contributed by atoms with van der Waals surface area (Å²) in [6.07, 6.45) is 0. The van der Waals surface area contributed by atoms with Crippen molar-refractivity contribution in [3.05, 3.63) is 48.0 Å². The second-order valence-electron chi connectivity index (χ2n) is 6.25. The van der Waals surface area contributed by atoms with Crippen LogP contribution >= 0.6 is 0 Å². The Hall–Kier alpha value is -1.46. The van der Waals surface area contributed by atoms with E-state index in [1.54, 1.807) is 13.0 Å². The van der Waals surface area contributed by atoms with Crippen LogP contribution in [-0.2, 0) is 20.2 Å². The zero-order chi connectivity index (χ0) is 22.3. The molecule has 0 unspecified atom stereocenters. The molecule has 158 valence electrons. The molecular formula is C18H15LiN3NaO7S2. The predicted octanol–water partition coefficient (Wildman–Crippen LogP) is -3.03. The second-order valence-corrected chi connectivity index (χ2v) is 8.92. The van der Waals surface area contributed by atoms with Crippen LogP contribution in [0, 0.1) is 6.92 Å². The standard InChI is InChI=1S/C18H17N3O7S2.Li.Na/c1-10-8-13(19)16(28-2)9-15(10)21-20-14-7-6-11-12(18(14)30(25,26)27)4-3-5-17(11)29(22,23)24;;/h3-9H,19H2,1-2H3,(H,22,23,24)(H,25,26,27);;/q;2*+1/p-2. The van der Waals surface area contributed by atoms with Crippen molar-refractivity contribution < 1.29 is 79.1 Å². The van der Waals surface area contributed by atoms with Gasteiger partial charge in [-0.3, -0.25) is 0 Å². The summed E-state index contributed by atoms with van der Waals surface area (Å²) in [6.45, 7) is 1.70. The fourth-order valence-electron chi connectivity index (χ4n) is 2.94. The van der Waals surface area contributed by atoms with E-state index >= 15 is 0 Å². The number of azo groups is 1. The van der Waals surface area contributed by atoms with E-state index in [-0.39, 0.29) is 64.9 Å². The van der Waals surface area contributed by atoms with Gasteiger partial charge in [-0.2, -0.15) is 5.11 Å². The number of fused-ring (bicyclic) bond motifs is 1. The van der Waals surface area contributed by atoms with Gasteiger partial charge in [0.15, 0.2) is 0 Å². The molecule has 0 aliphatic rings. The topological polar surface area (TPSA) is 174 Å². The SMILES string of the molecule is COc1cc(N=Nc2ccc3c(S(=O)(=O)[O-])cccc3c2S(=O)(=O)[O-])c(C)cc1N.[Li+].[Na+]. The average Bonchev–Trinajstić information content (AvgIpc) is 2.64. The molecule has 0 aliphatic heterocycles. The van der Waals surface area contributed by atoms with E-state index < -0.39 is 30.0 Å². The van der Waals surface area contributed by atoms with E-state index in [2.05, 4.69) is 10.2 Å². The largest absolute Gasteiger partial charge is 1.00 e. The molecular weight excluding hydrogens is 464 g/mol. The summed E-state index contributed by atoms with van der Waals surface area (Å²) in [5.74, 6) is 0.329. The van der Waals surface area contributed by atoms with Gasteiger partial charge in [-0.1, -0.05) is 18.2 Å². The number of ether oxygens (including phenoxy) is 1. The molecule has 0 saturated carbocycles. The summed E-state index contributed by atoms with van der Waals surface area (Å²) >= 11 is 0. The Kier molecular flexibility index (Phi) is 9.50. The summed E-state index contributed by atoms with van der Waals surface area (Å²) in [5, 5.41) is 7.41. The van der Waals surface area contributed by atoms with Crippen molar-refractivity contribution >= 4 is 48.1 Å². The van der Waals surface area contributed by atoms with E-state index in [0.29, 0.717) is 22.7 Å². The quantitative estimate of drug-likeness (QED) is 0.174. The normalized spacial score (nSPS) is 11.8. The van der Waals surface area contributed by atoms with E-state index in [1.165, 1.54) is 25.3 Å². The van der Waals surface area contributed by atoms with Gasteiger partial charge in [0.05, 0.1) is 28.3 Å². The van der Waals surface area contributed by atoms with E-state index in [0.717, 1.165) is 18.2 Å². The van der Waals surface area contributed by atoms with Crippen molar-refractivity contribution in [1.82, 2.24) is 0 Å². The Balaban J connectivity index is 0.00000256. The van der Waals surface area contributed by atoms with Crippen LogP contribution in [0.4, 0.5) is 17.1 Å². The first-order valence-corrected chi connectivity index (χ1v) is 11.1. The molecule has 0 saturated heterocycles. The Labute approximate surface area is 219 Å². The van der Waals surface area contributed by atoms with Crippen LogP contribution < -0.4 is 58.9 Å². The molecule has 3 aromatic carbocycles. The number of methoxy groups -OCH3 is 1. The van der Waals surface area contributed by atoms with Crippen LogP contribution in [0.1, 0.15) is 5.56 Å². The van der Waals surface area contributed by atoms with Gasteiger partial charge in [0.1, 0.15) is 31.7 Å². The smallest absolute Gasteiger partial charge is 0.744 e. The molecule has 0 spiro atoms. The molecule has 0 heterocycles. The fraction of sp³-hybridized carbons (Fsp3) is 0.111. The summed E-state index contributed by atoms with van der Waals surface area (Å²) in [5.41, 5.74) is 6.79. The minimum absolute atomic E-state index is 0. The molecule has 0 radical (unpaired) electrons. The first-order valence-electron chi connectivity index (χ1n) is 8.27. The van der Waals surface area contributed by atoms with Crippen molar-refractivity contribution in [2.24, 2.45) is 10.2 Å². The number of aryl methyl sites for hydroxylation is 1. The van der Waals surface area contributed by atoms with Gasteiger partial charge in [0, 0.05) is 16.8 Å². The molecule has 10 nitrogen and oxygen atoms in total. The monoisotopic (exact) mass is 479 g/mol. The summed E-state index contributed by atoms with van der Waals surface area (Å²) < 4.78 is 75.4. The van der Waals surface area contributed by atoms with Crippen LogP contribution in [-0.4, -0.2) is 33.1 Å². The van der Waals surface area contributed by atoms with Gasteiger partial charge >= 0.3 is 48.4 Å². The van der Waals surface area contributed by atoms with Gasteiger partial charge in [0.25, 0.3) is 0 Å². The number of benzene rings is 3. The Morgan fingerprint density at radius 3 is 2.09 bits per heavy atom. The van der Waals surface area contributed by atoms with Crippen molar-refractivity contribution in [3.63, 3.8) is 0 Å². The van der Waals surface area contributed by atoms with Gasteiger partial charge in [0.2, 0.25) is 0 Å². The number of nitrogen functional groups attached to an aromatic ring is 1. The fourth-order valence-corrected chi connectivity index (χ4v) is 4.45. The molecule has 0 aliphatic carbocycles. The summed E-state index contributed by atoms with van der Waals surface area (Å²) in [4.78, 5) is -1.43. The molecule has 0 amide bonds. The first-order chi connectivity index (χ1) is 13.9. The van der Waals surface area contributed by atoms with Crippen molar-refractivity contribution in [2.45, 2.75) is 16.7 Å². The average molecular weight is 479 g/mol. The first kappa shape index (κ1) is 28.6. The third-order valence-electron chi connectivity index (χ3n) is 4.28. The molecule has 0 aromatic heterocycles. The molecule has 2 N–H and O–H groups in total. The van der Waals surface area contributed by atoms with Crippen LogP contribution in [0.5, 0.6) is 5.75 Å². The van der Waals surface area contributed by atoms with E-state index in [1.807, 2.05) is 0 Å². The maximum atomic E-state index is 11.9. The van der Waals surface area contributed by atoms with Gasteiger partial charge in [-0.05, 0) is 30.7 Å². The third kappa shape index (κ3) is 5.90. The predicted molar refractivity (Wildman–Crippen MR) is 106 cm³/mol. The number of nitrogens with two attached hydrogens (primary N) is 1. The number of hydrogen-bond acceptors (Lipinski definition) is 10. The van der Waals surface area contributed by atoms with Crippen molar-refractivity contribution in [3.8, 4) is 5.75 Å². The van der Waals surface area contributed by atoms with E-state index in [4.69, 9.17) is 10.5 Å². The zero-order valence-corrected chi connectivity index (χ0v) is 21.3. The van der Waals surface area contributed by atoms with Crippen molar-refractivity contribution in [2.75, 3.05) is 12.8 Å². The number of rotatable bonds is 5. The van der Waals surface area contributed by atoms with Gasteiger partial charge in [-0.15, -0.1) is 5.11 Å². The number of hydrogen-bond donors (Lipinski definition) is 1. The van der Waals surface area contributed by atoms with Gasteiger partial charge < -0.3 is 19.6 Å². The maximum Gasteiger partial charge on any atom is 1.00 e. The second kappa shape index (κ2) is 10.6. The van der Waals surface area contributed by atoms with Gasteiger partial charge in [-0.25, -0.2) is 16.8 Å². The molecule has 0 atom stereocenters. The van der Waals surface area contributed by atoms with E-state index in [9.17, 15) is 25.9 Å². The molecule has 32 heavy (non-hydrogen) atoms. The van der Waals surface area contributed by atoms with Crippen LogP contribution in [0.15, 0.2) is 62.5 Å². The van der Waals surface area contributed by atoms with Crippen LogP contribution in [0.2, 0.25) is 0 Å². The Bertz CT molecular complexity index is 1410. The minimum Gasteiger partial charge on any atom is -0.744 e. The maximum absolute atomic E-state index is 11.9. The Morgan fingerprint density at radius 1 is 0.906 bits per heavy atom. The molecule has 0 bridgehead atoms. The Morgan fingerprint density at radius 2 is 1.53 bits per heavy atom. The molecule has 0 fully saturated rings. The van der Waals surface area contributed by atoms with Crippen LogP contribution in [0.3, 0.4) is 0 Å². The summed E-state index contributed by atoms with van der Waals surface area (Å²) in [6, 6.07) is 8.78. The van der Waals surface area contributed by atoms with Crippen LogP contribution in [0.25, 0.3) is 10.8 Å². The number of anilines is 1. The zero-order valence-electron chi connectivity index (χ0n) is 17.7. The summed E-state index contributed by atoms with van der Waals surface area (Å²) in [7, 11) is -8.59. The molecule has 3 aromatic rings. The minimum atomic E-state index is -5.10. The number of nitrogens with zero attached hydrogens (tertiary/aromatic N) is 2. The molecule has 3 rings (SSSR count). The third-order valence-corrected chi connectivity index (χ3v) is 6.11. The van der Waals surface area contributed by atoms with Crippen molar-refractivity contribution in [1.29, 1.82) is 0 Å². The molecule has 14 heteroatoms.